The van der Waals surface area contributed by atoms with E-state index in [2.05, 4.69) is 25.1 Å². The van der Waals surface area contributed by atoms with E-state index >= 15 is 0 Å². The highest BCUT2D eigenvalue weighted by atomic mass is 19.1. The minimum atomic E-state index is -0.282. The summed E-state index contributed by atoms with van der Waals surface area (Å²) in [7, 11) is 0. The second-order valence-electron chi connectivity index (χ2n) is 7.47. The Morgan fingerprint density at radius 2 is 1.83 bits per heavy atom. The van der Waals surface area contributed by atoms with Gasteiger partial charge in [0.25, 0.3) is 0 Å². The van der Waals surface area contributed by atoms with E-state index in [1.807, 2.05) is 29.1 Å². The number of nitrogens with zero attached hydrogens (tertiary/aromatic N) is 6. The topological polar surface area (TPSA) is 72.9 Å². The number of aromatic nitrogens is 5. The first kappa shape index (κ1) is 18.6. The van der Waals surface area contributed by atoms with Gasteiger partial charge in [0, 0.05) is 36.3 Å². The van der Waals surface area contributed by atoms with Gasteiger partial charge >= 0.3 is 0 Å². The van der Waals surface area contributed by atoms with Gasteiger partial charge in [-0.25, -0.2) is 4.39 Å². The molecule has 0 N–H and O–H groups in total. The van der Waals surface area contributed by atoms with Crippen LogP contribution in [0.2, 0.25) is 0 Å². The summed E-state index contributed by atoms with van der Waals surface area (Å²) in [6, 6.07) is 12.1. The molecule has 7 nitrogen and oxygen atoms in total. The van der Waals surface area contributed by atoms with E-state index in [4.69, 9.17) is 4.52 Å². The number of piperidine rings is 1. The first-order chi connectivity index (χ1) is 14.8. The van der Waals surface area contributed by atoms with Gasteiger partial charge in [0.2, 0.25) is 11.7 Å². The van der Waals surface area contributed by atoms with E-state index < -0.39 is 0 Å². The lowest BCUT2D eigenvalue weighted by Crippen LogP contribution is -2.36. The highest BCUT2D eigenvalue weighted by molar-refractivity contribution is 5.58. The van der Waals surface area contributed by atoms with Crippen molar-refractivity contribution >= 4 is 0 Å². The molecule has 1 fully saturated rings. The highest BCUT2D eigenvalue weighted by Crippen LogP contribution is 2.28. The molecule has 1 aromatic carbocycles. The van der Waals surface area contributed by atoms with Crippen LogP contribution in [0.4, 0.5) is 4.39 Å². The molecule has 152 valence electrons. The summed E-state index contributed by atoms with van der Waals surface area (Å²) in [5.74, 6) is 1.01. The van der Waals surface area contributed by atoms with Crippen LogP contribution in [0.3, 0.4) is 0 Å². The Kier molecular flexibility index (Phi) is 5.06. The number of hydrogen-bond acceptors (Lipinski definition) is 6. The molecule has 3 aromatic heterocycles. The minimum Gasteiger partial charge on any atom is -0.339 e. The number of rotatable bonds is 5. The lowest BCUT2D eigenvalue weighted by molar-refractivity contribution is 0.145. The van der Waals surface area contributed by atoms with Crippen LogP contribution in [0, 0.1) is 5.82 Å². The Morgan fingerprint density at radius 3 is 2.67 bits per heavy atom. The molecule has 0 saturated carbocycles. The summed E-state index contributed by atoms with van der Waals surface area (Å²) in [5, 5.41) is 8.60. The van der Waals surface area contributed by atoms with E-state index in [1.165, 1.54) is 12.1 Å². The van der Waals surface area contributed by atoms with Crippen LogP contribution in [0.15, 0.2) is 65.6 Å². The quantitative estimate of drug-likeness (QED) is 0.501. The Hall–Kier alpha value is -3.39. The molecule has 0 amide bonds. The summed E-state index contributed by atoms with van der Waals surface area (Å²) >= 11 is 0. The van der Waals surface area contributed by atoms with Gasteiger partial charge in [-0.05, 0) is 61.9 Å². The van der Waals surface area contributed by atoms with E-state index in [9.17, 15) is 4.39 Å². The van der Waals surface area contributed by atoms with Crippen LogP contribution >= 0.6 is 0 Å². The van der Waals surface area contributed by atoms with E-state index in [0.29, 0.717) is 18.4 Å². The summed E-state index contributed by atoms with van der Waals surface area (Å²) in [6.07, 6.45) is 7.45. The SMILES string of the molecule is Fc1ccc(-c2noc(C3CCCN(Cn4nccc4-c4ccncc4)C3)n2)cc1. The van der Waals surface area contributed by atoms with Crippen LogP contribution in [-0.2, 0) is 6.67 Å². The summed E-state index contributed by atoms with van der Waals surface area (Å²) in [6.45, 7) is 2.51. The highest BCUT2D eigenvalue weighted by Gasteiger charge is 2.27. The Bertz CT molecular complexity index is 1110. The molecule has 30 heavy (non-hydrogen) atoms. The van der Waals surface area contributed by atoms with Crippen molar-refractivity contribution in [2.24, 2.45) is 0 Å². The number of pyridine rings is 1. The third kappa shape index (κ3) is 3.86. The van der Waals surface area contributed by atoms with Crippen molar-refractivity contribution in [3.05, 3.63) is 72.8 Å². The van der Waals surface area contributed by atoms with Gasteiger partial charge < -0.3 is 4.52 Å². The van der Waals surface area contributed by atoms with Gasteiger partial charge in [-0.15, -0.1) is 0 Å². The molecule has 4 aromatic rings. The molecule has 0 aliphatic carbocycles. The van der Waals surface area contributed by atoms with Crippen LogP contribution < -0.4 is 0 Å². The molecule has 1 aliphatic heterocycles. The number of benzene rings is 1. The second-order valence-corrected chi connectivity index (χ2v) is 7.47. The fourth-order valence-corrected chi connectivity index (χ4v) is 3.91. The third-order valence-corrected chi connectivity index (χ3v) is 5.43. The molecule has 0 bridgehead atoms. The largest absolute Gasteiger partial charge is 0.339 e. The van der Waals surface area contributed by atoms with Crippen LogP contribution in [-0.4, -0.2) is 42.9 Å². The standard InChI is InChI=1S/C22H21FN6O/c23-19-5-3-17(4-6-19)21-26-22(30-27-21)18-2-1-13-28(14-18)15-29-20(9-12-25-29)16-7-10-24-11-8-16/h3-12,18H,1-2,13-15H2. The zero-order valence-electron chi connectivity index (χ0n) is 16.4. The Labute approximate surface area is 173 Å². The molecule has 5 rings (SSSR count). The zero-order valence-corrected chi connectivity index (χ0v) is 16.4. The van der Waals surface area contributed by atoms with E-state index in [0.717, 1.165) is 42.8 Å². The molecule has 0 spiro atoms. The van der Waals surface area contributed by atoms with Gasteiger partial charge in [-0.3, -0.25) is 14.6 Å². The summed E-state index contributed by atoms with van der Waals surface area (Å²) in [4.78, 5) is 11.0. The first-order valence-electron chi connectivity index (χ1n) is 10.0. The molecule has 1 atom stereocenters. The predicted octanol–water partition coefficient (Wildman–Crippen LogP) is 3.97. The zero-order chi connectivity index (χ0) is 20.3. The Morgan fingerprint density at radius 1 is 1.00 bits per heavy atom. The van der Waals surface area contributed by atoms with Crippen molar-refractivity contribution in [2.75, 3.05) is 13.1 Å². The van der Waals surface area contributed by atoms with Crippen molar-refractivity contribution in [2.45, 2.75) is 25.4 Å². The molecule has 4 heterocycles. The fourth-order valence-electron chi connectivity index (χ4n) is 3.91. The van der Waals surface area contributed by atoms with Gasteiger partial charge in [0.1, 0.15) is 5.82 Å². The van der Waals surface area contributed by atoms with Crippen LogP contribution in [0.25, 0.3) is 22.6 Å². The third-order valence-electron chi connectivity index (χ3n) is 5.43. The summed E-state index contributed by atoms with van der Waals surface area (Å²) < 4.78 is 20.7. The average Bonchev–Trinajstić information content (AvgIpc) is 3.45. The maximum atomic E-state index is 13.2. The monoisotopic (exact) mass is 404 g/mol. The van der Waals surface area contributed by atoms with E-state index in [-0.39, 0.29) is 11.7 Å². The van der Waals surface area contributed by atoms with Gasteiger partial charge in [-0.1, -0.05) is 5.16 Å². The smallest absolute Gasteiger partial charge is 0.231 e. The minimum absolute atomic E-state index is 0.167. The molecule has 0 radical (unpaired) electrons. The fraction of sp³-hybridized carbons (Fsp3) is 0.273. The van der Waals surface area contributed by atoms with Crippen LogP contribution in [0.1, 0.15) is 24.7 Å². The Balaban J connectivity index is 1.29. The van der Waals surface area contributed by atoms with Crippen molar-refractivity contribution in [1.29, 1.82) is 0 Å². The van der Waals surface area contributed by atoms with Crippen molar-refractivity contribution < 1.29 is 8.91 Å². The molecule has 1 saturated heterocycles. The molecule has 1 unspecified atom stereocenters. The normalized spacial score (nSPS) is 17.3. The van der Waals surface area contributed by atoms with Crippen LogP contribution in [0.5, 0.6) is 0 Å². The predicted molar refractivity (Wildman–Crippen MR) is 109 cm³/mol. The van der Waals surface area contributed by atoms with E-state index in [1.54, 1.807) is 24.5 Å². The number of halogens is 1. The molecule has 1 aliphatic rings. The molecular weight excluding hydrogens is 383 g/mol. The average molecular weight is 404 g/mol. The number of likely N-dealkylation sites (tertiary alicyclic amines) is 1. The maximum Gasteiger partial charge on any atom is 0.231 e. The van der Waals surface area contributed by atoms with Crippen molar-refractivity contribution in [3.63, 3.8) is 0 Å². The van der Waals surface area contributed by atoms with Gasteiger partial charge in [0.05, 0.1) is 18.3 Å². The van der Waals surface area contributed by atoms with Crippen molar-refractivity contribution in [3.8, 4) is 22.6 Å². The van der Waals surface area contributed by atoms with Crippen molar-refractivity contribution in [1.82, 2.24) is 29.8 Å². The lowest BCUT2D eigenvalue weighted by Gasteiger charge is -2.31. The lowest BCUT2D eigenvalue weighted by atomic mass is 9.98. The number of hydrogen-bond donors (Lipinski definition) is 0. The summed E-state index contributed by atoms with van der Waals surface area (Å²) in [5.41, 5.74) is 2.91. The second kappa shape index (κ2) is 8.16. The first-order valence-corrected chi connectivity index (χ1v) is 10.0. The van der Waals surface area contributed by atoms with Gasteiger partial charge in [-0.2, -0.15) is 10.1 Å². The maximum absolute atomic E-state index is 13.2. The molecule has 8 heteroatoms. The molecular formula is C22H21FN6O. The van der Waals surface area contributed by atoms with Gasteiger partial charge in [0.15, 0.2) is 0 Å².